The standard InChI is InChI=1S/C14H10O7S/c15-13(16)9-4-6-11(7-5-9)21-22(19,20)12-3-1-2-10(8-12)14(17)18/h1-8H,(H,15,16)(H,17,18). The van der Waals surface area contributed by atoms with Crippen LogP contribution in [0.3, 0.4) is 0 Å². The number of hydrogen-bond donors (Lipinski definition) is 2. The molecule has 0 amide bonds. The zero-order valence-electron chi connectivity index (χ0n) is 11.0. The first-order valence-electron chi connectivity index (χ1n) is 5.91. The first kappa shape index (κ1) is 15.5. The van der Waals surface area contributed by atoms with Crippen molar-refractivity contribution >= 4 is 22.1 Å². The number of aromatic carboxylic acids is 2. The Morgan fingerprint density at radius 3 is 2.00 bits per heavy atom. The van der Waals surface area contributed by atoms with Crippen LogP contribution in [0.15, 0.2) is 53.4 Å². The van der Waals surface area contributed by atoms with Gasteiger partial charge in [0.2, 0.25) is 0 Å². The molecule has 2 N–H and O–H groups in total. The molecule has 0 bridgehead atoms. The van der Waals surface area contributed by atoms with E-state index in [1.54, 1.807) is 0 Å². The number of rotatable bonds is 5. The minimum absolute atomic E-state index is 0.0161. The van der Waals surface area contributed by atoms with Crippen LogP contribution in [0.4, 0.5) is 0 Å². The number of carboxylic acids is 2. The number of carbonyl (C=O) groups is 2. The third-order valence-corrected chi connectivity index (χ3v) is 3.92. The van der Waals surface area contributed by atoms with Crippen molar-refractivity contribution < 1.29 is 32.4 Å². The minimum Gasteiger partial charge on any atom is -0.478 e. The highest BCUT2D eigenvalue weighted by atomic mass is 32.2. The Labute approximate surface area is 125 Å². The Bertz CT molecular complexity index is 823. The van der Waals surface area contributed by atoms with Crippen LogP contribution in [-0.2, 0) is 10.1 Å². The van der Waals surface area contributed by atoms with Crippen LogP contribution in [-0.4, -0.2) is 30.6 Å². The van der Waals surface area contributed by atoms with Gasteiger partial charge in [0.15, 0.2) is 0 Å². The van der Waals surface area contributed by atoms with E-state index in [0.717, 1.165) is 6.07 Å². The molecule has 0 saturated carbocycles. The molecule has 0 atom stereocenters. The summed E-state index contributed by atoms with van der Waals surface area (Å²) >= 11 is 0. The minimum atomic E-state index is -4.21. The summed E-state index contributed by atoms with van der Waals surface area (Å²) in [6.45, 7) is 0. The van der Waals surface area contributed by atoms with Gasteiger partial charge in [-0.15, -0.1) is 0 Å². The topological polar surface area (TPSA) is 118 Å². The fourth-order valence-electron chi connectivity index (χ4n) is 1.61. The molecule has 22 heavy (non-hydrogen) atoms. The van der Waals surface area contributed by atoms with Crippen molar-refractivity contribution in [1.82, 2.24) is 0 Å². The lowest BCUT2D eigenvalue weighted by molar-refractivity contribution is 0.0686. The fourth-order valence-corrected chi connectivity index (χ4v) is 2.59. The van der Waals surface area contributed by atoms with Gasteiger partial charge < -0.3 is 14.4 Å². The summed E-state index contributed by atoms with van der Waals surface area (Å²) in [5.74, 6) is -2.49. The van der Waals surface area contributed by atoms with Crippen molar-refractivity contribution in [2.75, 3.05) is 0 Å². The molecule has 0 aromatic heterocycles. The lowest BCUT2D eigenvalue weighted by atomic mass is 10.2. The molecular weight excluding hydrogens is 312 g/mol. The quantitative estimate of drug-likeness (QED) is 0.806. The van der Waals surface area contributed by atoms with E-state index in [-0.39, 0.29) is 21.8 Å². The molecule has 0 radical (unpaired) electrons. The molecule has 0 spiro atoms. The second kappa shape index (κ2) is 5.86. The molecule has 0 unspecified atom stereocenters. The molecule has 0 heterocycles. The van der Waals surface area contributed by atoms with Gasteiger partial charge >= 0.3 is 22.1 Å². The summed E-state index contributed by atoms with van der Waals surface area (Å²) in [5.41, 5.74) is -0.205. The predicted octanol–water partition coefficient (Wildman–Crippen LogP) is 1.85. The third kappa shape index (κ3) is 3.41. The maximum absolute atomic E-state index is 12.1. The average Bonchev–Trinajstić information content (AvgIpc) is 2.47. The highest BCUT2D eigenvalue weighted by molar-refractivity contribution is 7.87. The van der Waals surface area contributed by atoms with Crippen LogP contribution in [0.25, 0.3) is 0 Å². The molecule has 0 aliphatic carbocycles. The second-order valence-electron chi connectivity index (χ2n) is 4.20. The van der Waals surface area contributed by atoms with Crippen LogP contribution >= 0.6 is 0 Å². The normalized spacial score (nSPS) is 10.9. The van der Waals surface area contributed by atoms with Crippen LogP contribution in [0.2, 0.25) is 0 Å². The van der Waals surface area contributed by atoms with E-state index >= 15 is 0 Å². The van der Waals surface area contributed by atoms with Gasteiger partial charge in [0.25, 0.3) is 0 Å². The van der Waals surface area contributed by atoms with Crippen LogP contribution in [0.1, 0.15) is 20.7 Å². The molecule has 0 aliphatic heterocycles. The van der Waals surface area contributed by atoms with Crippen LogP contribution in [0, 0.1) is 0 Å². The maximum Gasteiger partial charge on any atom is 0.339 e. The Hall–Kier alpha value is -2.87. The van der Waals surface area contributed by atoms with Crippen LogP contribution in [0.5, 0.6) is 5.75 Å². The van der Waals surface area contributed by atoms with Crippen molar-refractivity contribution in [2.24, 2.45) is 0 Å². The summed E-state index contributed by atoms with van der Waals surface area (Å²) in [5, 5.41) is 17.6. The SMILES string of the molecule is O=C(O)c1ccc(OS(=O)(=O)c2cccc(C(=O)O)c2)cc1. The van der Waals surface area contributed by atoms with Gasteiger partial charge in [-0.05, 0) is 42.5 Å². The Morgan fingerprint density at radius 1 is 0.864 bits per heavy atom. The third-order valence-electron chi connectivity index (χ3n) is 2.68. The average molecular weight is 322 g/mol. The molecule has 8 heteroatoms. The summed E-state index contributed by atoms with van der Waals surface area (Å²) in [6, 6.07) is 9.50. The van der Waals surface area contributed by atoms with E-state index in [0.29, 0.717) is 0 Å². The monoisotopic (exact) mass is 322 g/mol. The van der Waals surface area contributed by atoms with Gasteiger partial charge in [-0.25, -0.2) is 9.59 Å². The van der Waals surface area contributed by atoms with Gasteiger partial charge in [-0.3, -0.25) is 0 Å². The molecule has 114 valence electrons. The summed E-state index contributed by atoms with van der Waals surface area (Å²) in [6.07, 6.45) is 0. The maximum atomic E-state index is 12.1. The highest BCUT2D eigenvalue weighted by Gasteiger charge is 2.18. The number of benzene rings is 2. The van der Waals surface area contributed by atoms with Crippen molar-refractivity contribution in [1.29, 1.82) is 0 Å². The van der Waals surface area contributed by atoms with Gasteiger partial charge in [0, 0.05) is 0 Å². The zero-order chi connectivity index (χ0) is 16.3. The fraction of sp³-hybridized carbons (Fsp3) is 0. The van der Waals surface area contributed by atoms with E-state index in [4.69, 9.17) is 14.4 Å². The molecule has 2 aromatic carbocycles. The van der Waals surface area contributed by atoms with E-state index < -0.39 is 22.1 Å². The van der Waals surface area contributed by atoms with Crippen molar-refractivity contribution in [3.05, 3.63) is 59.7 Å². The summed E-state index contributed by atoms with van der Waals surface area (Å²) < 4.78 is 29.0. The smallest absolute Gasteiger partial charge is 0.339 e. The van der Waals surface area contributed by atoms with E-state index in [2.05, 4.69) is 0 Å². The molecule has 2 rings (SSSR count). The molecular formula is C14H10O7S. The highest BCUT2D eigenvalue weighted by Crippen LogP contribution is 2.20. The van der Waals surface area contributed by atoms with Gasteiger partial charge in [-0.2, -0.15) is 8.42 Å². The van der Waals surface area contributed by atoms with Gasteiger partial charge in [0.05, 0.1) is 11.1 Å². The predicted molar refractivity (Wildman–Crippen MR) is 74.6 cm³/mol. The Balaban J connectivity index is 2.29. The first-order valence-corrected chi connectivity index (χ1v) is 7.31. The largest absolute Gasteiger partial charge is 0.478 e. The lowest BCUT2D eigenvalue weighted by Gasteiger charge is -2.07. The van der Waals surface area contributed by atoms with Crippen molar-refractivity contribution in [3.63, 3.8) is 0 Å². The first-order chi connectivity index (χ1) is 10.3. The Morgan fingerprint density at radius 2 is 1.45 bits per heavy atom. The van der Waals surface area contributed by atoms with Crippen molar-refractivity contribution in [2.45, 2.75) is 4.90 Å². The zero-order valence-corrected chi connectivity index (χ0v) is 11.8. The molecule has 0 aliphatic rings. The van der Waals surface area contributed by atoms with E-state index in [9.17, 15) is 18.0 Å². The number of carboxylic acid groups (broad SMARTS) is 2. The summed E-state index contributed by atoms with van der Waals surface area (Å²) in [4.78, 5) is 21.2. The van der Waals surface area contributed by atoms with E-state index in [1.807, 2.05) is 0 Å². The molecule has 0 fully saturated rings. The number of hydrogen-bond acceptors (Lipinski definition) is 5. The van der Waals surface area contributed by atoms with Gasteiger partial charge in [-0.1, -0.05) is 6.07 Å². The lowest BCUT2D eigenvalue weighted by Crippen LogP contribution is -2.11. The van der Waals surface area contributed by atoms with Crippen LogP contribution < -0.4 is 4.18 Å². The van der Waals surface area contributed by atoms with Gasteiger partial charge in [0.1, 0.15) is 10.6 Å². The van der Waals surface area contributed by atoms with E-state index in [1.165, 1.54) is 42.5 Å². The van der Waals surface area contributed by atoms with Crippen molar-refractivity contribution in [3.8, 4) is 5.75 Å². The molecule has 2 aromatic rings. The Kier molecular flexibility index (Phi) is 4.13. The molecule has 0 saturated heterocycles. The second-order valence-corrected chi connectivity index (χ2v) is 5.75. The molecule has 7 nitrogen and oxygen atoms in total. The summed E-state index contributed by atoms with van der Waals surface area (Å²) in [7, 11) is -4.21.